The van der Waals surface area contributed by atoms with Crippen molar-refractivity contribution in [3.63, 3.8) is 0 Å². The van der Waals surface area contributed by atoms with Gasteiger partial charge in [0, 0.05) is 32.7 Å². The van der Waals surface area contributed by atoms with Gasteiger partial charge in [0.15, 0.2) is 0 Å². The quantitative estimate of drug-likeness (QED) is 0.764. The smallest absolute Gasteiger partial charge is 0.237 e. The fourth-order valence-corrected chi connectivity index (χ4v) is 2.84. The van der Waals surface area contributed by atoms with E-state index in [0.29, 0.717) is 17.8 Å². The van der Waals surface area contributed by atoms with Crippen molar-refractivity contribution in [3.05, 3.63) is 0 Å². The molecule has 4 nitrogen and oxygen atoms in total. The minimum absolute atomic E-state index is 0.0120. The Morgan fingerprint density at radius 2 is 1.63 bits per heavy atom. The van der Waals surface area contributed by atoms with Crippen LogP contribution in [0.2, 0.25) is 0 Å². The average molecular weight is 269 g/mol. The lowest BCUT2D eigenvalue weighted by Gasteiger charge is -2.32. The van der Waals surface area contributed by atoms with E-state index in [-0.39, 0.29) is 11.9 Å². The summed E-state index contributed by atoms with van der Waals surface area (Å²) in [6, 6.07) is -0.0120. The summed E-state index contributed by atoms with van der Waals surface area (Å²) in [5, 5.41) is 6.46. The Balaban J connectivity index is 2.40. The van der Waals surface area contributed by atoms with Crippen molar-refractivity contribution in [1.82, 2.24) is 15.5 Å². The zero-order valence-electron chi connectivity index (χ0n) is 13.2. The first kappa shape index (κ1) is 16.4. The minimum Gasteiger partial charge on any atom is -0.354 e. The van der Waals surface area contributed by atoms with Crippen LogP contribution in [-0.4, -0.2) is 49.6 Å². The molecule has 2 N–H and O–H groups in total. The Bertz CT molecular complexity index is 265. The summed E-state index contributed by atoms with van der Waals surface area (Å²) in [4.78, 5) is 14.5. The Labute approximate surface area is 118 Å². The number of carbonyl (C=O) groups excluding carboxylic acids is 1. The minimum atomic E-state index is -0.0120. The average Bonchev–Trinajstić information content (AvgIpc) is 2.38. The van der Waals surface area contributed by atoms with Gasteiger partial charge in [-0.1, -0.05) is 27.7 Å². The summed E-state index contributed by atoms with van der Waals surface area (Å²) in [5.41, 5.74) is 0. The SMILES string of the molecule is CC(C)C(CNC(=O)C(C)N1CCNCC1)C(C)C. The monoisotopic (exact) mass is 269 g/mol. The Morgan fingerprint density at radius 3 is 2.11 bits per heavy atom. The lowest BCUT2D eigenvalue weighted by Crippen LogP contribution is -2.53. The van der Waals surface area contributed by atoms with E-state index in [4.69, 9.17) is 0 Å². The molecule has 0 bridgehead atoms. The van der Waals surface area contributed by atoms with E-state index in [1.54, 1.807) is 0 Å². The van der Waals surface area contributed by atoms with E-state index in [9.17, 15) is 4.79 Å². The number of hydrogen-bond donors (Lipinski definition) is 2. The van der Waals surface area contributed by atoms with Crippen LogP contribution in [0, 0.1) is 17.8 Å². The molecule has 0 radical (unpaired) electrons. The van der Waals surface area contributed by atoms with Crippen molar-refractivity contribution in [2.24, 2.45) is 17.8 Å². The van der Waals surface area contributed by atoms with Crippen LogP contribution in [-0.2, 0) is 4.79 Å². The number of carbonyl (C=O) groups is 1. The number of amides is 1. The molecule has 0 saturated carbocycles. The first-order chi connectivity index (χ1) is 8.93. The molecule has 0 aromatic rings. The van der Waals surface area contributed by atoms with Gasteiger partial charge in [0.2, 0.25) is 5.91 Å². The predicted molar refractivity (Wildman–Crippen MR) is 80.1 cm³/mol. The van der Waals surface area contributed by atoms with E-state index >= 15 is 0 Å². The number of piperazine rings is 1. The summed E-state index contributed by atoms with van der Waals surface area (Å²) in [6.45, 7) is 15.6. The molecule has 0 aromatic heterocycles. The summed E-state index contributed by atoms with van der Waals surface area (Å²) in [7, 11) is 0. The molecule has 1 heterocycles. The zero-order valence-corrected chi connectivity index (χ0v) is 13.2. The second kappa shape index (κ2) is 7.85. The Morgan fingerprint density at radius 1 is 1.11 bits per heavy atom. The number of hydrogen-bond acceptors (Lipinski definition) is 3. The lowest BCUT2D eigenvalue weighted by molar-refractivity contribution is -0.126. The lowest BCUT2D eigenvalue weighted by atomic mass is 9.85. The van der Waals surface area contributed by atoms with Crippen LogP contribution in [0.1, 0.15) is 34.6 Å². The standard InChI is InChI=1S/C15H31N3O/c1-11(2)14(12(3)4)10-17-15(19)13(5)18-8-6-16-7-9-18/h11-14,16H,6-10H2,1-5H3,(H,17,19). The molecule has 1 unspecified atom stereocenters. The van der Waals surface area contributed by atoms with Gasteiger partial charge >= 0.3 is 0 Å². The number of nitrogens with one attached hydrogen (secondary N) is 2. The Hall–Kier alpha value is -0.610. The van der Waals surface area contributed by atoms with Crippen molar-refractivity contribution < 1.29 is 4.79 Å². The topological polar surface area (TPSA) is 44.4 Å². The second-order valence-corrected chi connectivity index (χ2v) is 6.36. The third-order valence-electron chi connectivity index (χ3n) is 4.30. The predicted octanol–water partition coefficient (Wildman–Crippen LogP) is 1.32. The maximum absolute atomic E-state index is 12.2. The third kappa shape index (κ3) is 5.11. The van der Waals surface area contributed by atoms with Crippen LogP contribution in [0.15, 0.2) is 0 Å². The molecule has 1 aliphatic rings. The van der Waals surface area contributed by atoms with Crippen molar-refractivity contribution in [3.8, 4) is 0 Å². The number of rotatable bonds is 6. The molecule has 1 aliphatic heterocycles. The van der Waals surface area contributed by atoms with Gasteiger partial charge < -0.3 is 10.6 Å². The highest BCUT2D eigenvalue weighted by Crippen LogP contribution is 2.19. The fraction of sp³-hybridized carbons (Fsp3) is 0.933. The van der Waals surface area contributed by atoms with Crippen molar-refractivity contribution in [2.75, 3.05) is 32.7 Å². The van der Waals surface area contributed by atoms with Crippen LogP contribution in [0.4, 0.5) is 0 Å². The van der Waals surface area contributed by atoms with Gasteiger partial charge in [-0.05, 0) is 24.7 Å². The van der Waals surface area contributed by atoms with Crippen molar-refractivity contribution in [2.45, 2.75) is 40.7 Å². The van der Waals surface area contributed by atoms with Gasteiger partial charge in [0.25, 0.3) is 0 Å². The maximum Gasteiger partial charge on any atom is 0.237 e. The summed E-state index contributed by atoms with van der Waals surface area (Å²) >= 11 is 0. The molecular weight excluding hydrogens is 238 g/mol. The zero-order chi connectivity index (χ0) is 14.4. The van der Waals surface area contributed by atoms with E-state index in [2.05, 4.69) is 43.2 Å². The molecule has 1 saturated heterocycles. The van der Waals surface area contributed by atoms with Gasteiger partial charge in [-0.15, -0.1) is 0 Å². The van der Waals surface area contributed by atoms with Crippen LogP contribution < -0.4 is 10.6 Å². The normalized spacial score (nSPS) is 19.2. The van der Waals surface area contributed by atoms with E-state index in [1.807, 2.05) is 6.92 Å². The van der Waals surface area contributed by atoms with Gasteiger partial charge in [-0.3, -0.25) is 9.69 Å². The van der Waals surface area contributed by atoms with Gasteiger partial charge in [0.1, 0.15) is 0 Å². The number of nitrogens with zero attached hydrogens (tertiary/aromatic N) is 1. The molecule has 0 spiro atoms. The van der Waals surface area contributed by atoms with Crippen LogP contribution >= 0.6 is 0 Å². The molecule has 0 aliphatic carbocycles. The summed E-state index contributed by atoms with van der Waals surface area (Å²) in [6.07, 6.45) is 0. The molecule has 1 atom stereocenters. The molecular formula is C15H31N3O. The first-order valence-electron chi connectivity index (χ1n) is 7.66. The molecule has 19 heavy (non-hydrogen) atoms. The molecule has 4 heteroatoms. The second-order valence-electron chi connectivity index (χ2n) is 6.36. The highest BCUT2D eigenvalue weighted by Gasteiger charge is 2.24. The van der Waals surface area contributed by atoms with Crippen molar-refractivity contribution in [1.29, 1.82) is 0 Å². The molecule has 0 aromatic carbocycles. The maximum atomic E-state index is 12.2. The largest absolute Gasteiger partial charge is 0.354 e. The van der Waals surface area contributed by atoms with E-state index in [1.165, 1.54) is 0 Å². The molecule has 1 rings (SSSR count). The molecule has 1 fully saturated rings. The van der Waals surface area contributed by atoms with Crippen molar-refractivity contribution >= 4 is 5.91 Å². The van der Waals surface area contributed by atoms with Crippen LogP contribution in [0.5, 0.6) is 0 Å². The summed E-state index contributed by atoms with van der Waals surface area (Å²) < 4.78 is 0. The highest BCUT2D eigenvalue weighted by molar-refractivity contribution is 5.81. The molecule has 1 amide bonds. The third-order valence-corrected chi connectivity index (χ3v) is 4.30. The van der Waals surface area contributed by atoms with E-state index < -0.39 is 0 Å². The van der Waals surface area contributed by atoms with Crippen LogP contribution in [0.3, 0.4) is 0 Å². The molecule has 112 valence electrons. The van der Waals surface area contributed by atoms with Gasteiger partial charge in [0.05, 0.1) is 6.04 Å². The van der Waals surface area contributed by atoms with E-state index in [0.717, 1.165) is 32.7 Å². The summed E-state index contributed by atoms with van der Waals surface area (Å²) in [5.74, 6) is 1.94. The van der Waals surface area contributed by atoms with Crippen LogP contribution in [0.25, 0.3) is 0 Å². The first-order valence-corrected chi connectivity index (χ1v) is 7.66. The Kier molecular flexibility index (Phi) is 6.80. The highest BCUT2D eigenvalue weighted by atomic mass is 16.2. The van der Waals surface area contributed by atoms with Gasteiger partial charge in [-0.25, -0.2) is 0 Å². The fourth-order valence-electron chi connectivity index (χ4n) is 2.84. The van der Waals surface area contributed by atoms with Gasteiger partial charge in [-0.2, -0.15) is 0 Å².